The molecule has 1 aliphatic rings. The summed E-state index contributed by atoms with van der Waals surface area (Å²) >= 11 is 0. The van der Waals surface area contributed by atoms with Crippen molar-refractivity contribution < 1.29 is 14.3 Å². The quantitative estimate of drug-likeness (QED) is 0.709. The fourth-order valence-corrected chi connectivity index (χ4v) is 4.05. The van der Waals surface area contributed by atoms with Crippen LogP contribution < -0.4 is 5.43 Å². The predicted molar refractivity (Wildman–Crippen MR) is 123 cm³/mol. The molecule has 1 aromatic heterocycles. The molecule has 174 valence electrons. The predicted octanol–water partition coefficient (Wildman–Crippen LogP) is 3.28. The molecule has 1 saturated heterocycles. The van der Waals surface area contributed by atoms with Crippen LogP contribution in [-0.4, -0.2) is 62.9 Å². The Balaban J connectivity index is 1.68. The van der Waals surface area contributed by atoms with Gasteiger partial charge in [-0.2, -0.15) is 5.10 Å². The molecule has 8 nitrogen and oxygen atoms in total. The minimum absolute atomic E-state index is 0.00709. The van der Waals surface area contributed by atoms with Crippen LogP contribution in [0.1, 0.15) is 47.5 Å². The molecule has 0 radical (unpaired) electrons. The lowest BCUT2D eigenvalue weighted by Gasteiger charge is -2.37. The van der Waals surface area contributed by atoms with E-state index in [4.69, 9.17) is 4.74 Å². The van der Waals surface area contributed by atoms with Gasteiger partial charge in [0.15, 0.2) is 0 Å². The summed E-state index contributed by atoms with van der Waals surface area (Å²) in [6, 6.07) is 7.19. The van der Waals surface area contributed by atoms with E-state index < -0.39 is 5.60 Å². The van der Waals surface area contributed by atoms with Crippen LogP contribution in [0.3, 0.4) is 0 Å². The molecule has 2 aromatic rings. The zero-order valence-corrected chi connectivity index (χ0v) is 19.7. The van der Waals surface area contributed by atoms with E-state index in [0.29, 0.717) is 30.5 Å². The standard InChI is InChI=1S/C24H34N4O4/c1-17(2)27(23(31)32-24(3,4)5)15-18-9-8-12-26(14-18)22(30)16-28-20-11-7-6-10-19(20)21(29)13-25-28/h6-7,10-11,13,17-18H,8-9,12,14-16H2,1-5H3. The van der Waals surface area contributed by atoms with Crippen molar-refractivity contribution in [3.8, 4) is 0 Å². The number of benzene rings is 1. The Morgan fingerprint density at radius 1 is 1.25 bits per heavy atom. The molecule has 0 N–H and O–H groups in total. The van der Waals surface area contributed by atoms with Gasteiger partial charge in [0.25, 0.3) is 0 Å². The molecule has 0 spiro atoms. The average Bonchev–Trinajstić information content (AvgIpc) is 2.73. The van der Waals surface area contributed by atoms with Gasteiger partial charge in [0.1, 0.15) is 12.1 Å². The molecule has 8 heteroatoms. The number of hydrogen-bond donors (Lipinski definition) is 0. The summed E-state index contributed by atoms with van der Waals surface area (Å²) in [6.07, 6.45) is 2.78. The number of likely N-dealkylation sites (tertiary alicyclic amines) is 1. The van der Waals surface area contributed by atoms with Crippen LogP contribution in [0.5, 0.6) is 0 Å². The lowest BCUT2D eigenvalue weighted by atomic mass is 9.97. The van der Waals surface area contributed by atoms with E-state index in [9.17, 15) is 14.4 Å². The third-order valence-electron chi connectivity index (χ3n) is 5.62. The van der Waals surface area contributed by atoms with Crippen LogP contribution in [0, 0.1) is 5.92 Å². The number of ether oxygens (including phenoxy) is 1. The van der Waals surface area contributed by atoms with Gasteiger partial charge in [-0.15, -0.1) is 0 Å². The van der Waals surface area contributed by atoms with Crippen molar-refractivity contribution in [2.75, 3.05) is 19.6 Å². The maximum Gasteiger partial charge on any atom is 0.410 e. The lowest BCUT2D eigenvalue weighted by Crippen LogP contribution is -2.48. The monoisotopic (exact) mass is 442 g/mol. The Labute approximate surface area is 189 Å². The van der Waals surface area contributed by atoms with E-state index >= 15 is 0 Å². The van der Waals surface area contributed by atoms with Gasteiger partial charge in [-0.05, 0) is 65.5 Å². The topological polar surface area (TPSA) is 84.7 Å². The van der Waals surface area contributed by atoms with Crippen LogP contribution in [0.15, 0.2) is 35.3 Å². The molecule has 2 amide bonds. The zero-order valence-electron chi connectivity index (χ0n) is 19.7. The molecule has 3 rings (SSSR count). The first-order valence-corrected chi connectivity index (χ1v) is 11.3. The lowest BCUT2D eigenvalue weighted by molar-refractivity contribution is -0.133. The van der Waals surface area contributed by atoms with Gasteiger partial charge < -0.3 is 14.5 Å². The number of carbonyl (C=O) groups excluding carboxylic acids is 2. The number of fused-ring (bicyclic) bond motifs is 1. The normalized spacial score (nSPS) is 16.9. The molecule has 1 aliphatic heterocycles. The molecule has 1 unspecified atom stereocenters. The number of hydrogen-bond acceptors (Lipinski definition) is 5. The number of carbonyl (C=O) groups is 2. The van der Waals surface area contributed by atoms with E-state index in [0.717, 1.165) is 12.8 Å². The van der Waals surface area contributed by atoms with E-state index in [1.54, 1.807) is 27.8 Å². The maximum absolute atomic E-state index is 13.1. The Hall–Kier alpha value is -2.90. The van der Waals surface area contributed by atoms with Gasteiger partial charge in [-0.3, -0.25) is 14.3 Å². The molecule has 1 atom stereocenters. The summed E-state index contributed by atoms with van der Waals surface area (Å²) in [5, 5.41) is 4.73. The van der Waals surface area contributed by atoms with Gasteiger partial charge in [0.05, 0.1) is 11.7 Å². The highest BCUT2D eigenvalue weighted by Gasteiger charge is 2.30. The second kappa shape index (κ2) is 9.71. The van der Waals surface area contributed by atoms with Crippen LogP contribution >= 0.6 is 0 Å². The first-order valence-electron chi connectivity index (χ1n) is 11.3. The van der Waals surface area contributed by atoms with Crippen LogP contribution in [-0.2, 0) is 16.1 Å². The SMILES string of the molecule is CC(C)N(CC1CCCN(C(=O)Cn2ncc(=O)c3ccccc32)C1)C(=O)OC(C)(C)C. The number of aromatic nitrogens is 2. The molecule has 2 heterocycles. The smallest absolute Gasteiger partial charge is 0.410 e. The van der Waals surface area contributed by atoms with E-state index in [-0.39, 0.29) is 35.9 Å². The van der Waals surface area contributed by atoms with E-state index in [1.165, 1.54) is 6.20 Å². The number of nitrogens with zero attached hydrogens (tertiary/aromatic N) is 4. The molecule has 32 heavy (non-hydrogen) atoms. The minimum atomic E-state index is -0.550. The van der Waals surface area contributed by atoms with Gasteiger partial charge in [-0.25, -0.2) is 4.79 Å². The van der Waals surface area contributed by atoms with Crippen molar-refractivity contribution in [1.29, 1.82) is 0 Å². The molecule has 0 aliphatic carbocycles. The van der Waals surface area contributed by atoms with Gasteiger partial charge in [0, 0.05) is 31.1 Å². The summed E-state index contributed by atoms with van der Waals surface area (Å²) in [5.74, 6) is 0.144. The van der Waals surface area contributed by atoms with Gasteiger partial charge >= 0.3 is 6.09 Å². The minimum Gasteiger partial charge on any atom is -0.444 e. The van der Waals surface area contributed by atoms with Crippen LogP contribution in [0.2, 0.25) is 0 Å². The van der Waals surface area contributed by atoms with E-state index in [2.05, 4.69) is 5.10 Å². The fraction of sp³-hybridized carbons (Fsp3) is 0.583. The molecule has 0 bridgehead atoms. The molecule has 1 aromatic carbocycles. The summed E-state index contributed by atoms with van der Waals surface area (Å²) < 4.78 is 7.16. The van der Waals surface area contributed by atoms with Crippen molar-refractivity contribution in [1.82, 2.24) is 19.6 Å². The third kappa shape index (κ3) is 5.87. The van der Waals surface area contributed by atoms with Gasteiger partial charge in [-0.1, -0.05) is 12.1 Å². The fourth-order valence-electron chi connectivity index (χ4n) is 4.05. The Morgan fingerprint density at radius 2 is 1.97 bits per heavy atom. The Morgan fingerprint density at radius 3 is 2.66 bits per heavy atom. The molecule has 1 fully saturated rings. The van der Waals surface area contributed by atoms with Crippen molar-refractivity contribution >= 4 is 22.9 Å². The molecular weight excluding hydrogens is 408 g/mol. The van der Waals surface area contributed by atoms with Crippen LogP contribution in [0.25, 0.3) is 10.9 Å². The highest BCUT2D eigenvalue weighted by atomic mass is 16.6. The largest absolute Gasteiger partial charge is 0.444 e. The second-order valence-electron chi connectivity index (χ2n) is 9.76. The number of piperidine rings is 1. The van der Waals surface area contributed by atoms with Crippen molar-refractivity contribution in [3.63, 3.8) is 0 Å². The van der Waals surface area contributed by atoms with Crippen molar-refractivity contribution in [2.45, 2.75) is 65.6 Å². The number of para-hydroxylation sites is 1. The molecule has 0 saturated carbocycles. The van der Waals surface area contributed by atoms with Crippen LogP contribution in [0.4, 0.5) is 4.79 Å². The van der Waals surface area contributed by atoms with E-state index in [1.807, 2.05) is 45.6 Å². The highest BCUT2D eigenvalue weighted by Crippen LogP contribution is 2.21. The Bertz CT molecular complexity index is 1020. The number of amides is 2. The van der Waals surface area contributed by atoms with Crippen molar-refractivity contribution in [2.24, 2.45) is 5.92 Å². The zero-order chi connectivity index (χ0) is 23.5. The third-order valence-corrected chi connectivity index (χ3v) is 5.62. The summed E-state index contributed by atoms with van der Waals surface area (Å²) in [5.41, 5.74) is -0.0538. The first kappa shape index (κ1) is 23.8. The van der Waals surface area contributed by atoms with Crippen molar-refractivity contribution in [3.05, 3.63) is 40.7 Å². The average molecular weight is 443 g/mol. The Kier molecular flexibility index (Phi) is 7.21. The summed E-state index contributed by atoms with van der Waals surface area (Å²) in [4.78, 5) is 41.4. The number of rotatable bonds is 5. The summed E-state index contributed by atoms with van der Waals surface area (Å²) in [6.45, 7) is 11.4. The first-order chi connectivity index (χ1) is 15.0. The highest BCUT2D eigenvalue weighted by molar-refractivity contribution is 5.81. The maximum atomic E-state index is 13.1. The molecular formula is C24H34N4O4. The second-order valence-corrected chi connectivity index (χ2v) is 9.76. The summed E-state index contributed by atoms with van der Waals surface area (Å²) in [7, 11) is 0. The van der Waals surface area contributed by atoms with Gasteiger partial charge in [0.2, 0.25) is 11.3 Å².